The van der Waals surface area contributed by atoms with Gasteiger partial charge in [0.1, 0.15) is 10.6 Å². The van der Waals surface area contributed by atoms with E-state index in [-0.39, 0.29) is 12.5 Å². The van der Waals surface area contributed by atoms with Crippen LogP contribution in [0.15, 0.2) is 29.6 Å². The van der Waals surface area contributed by atoms with Crippen molar-refractivity contribution in [1.82, 2.24) is 9.21 Å². The minimum absolute atomic E-state index is 0.104. The number of benzene rings is 1. The summed E-state index contributed by atoms with van der Waals surface area (Å²) in [5.74, 6) is -0.823. The van der Waals surface area contributed by atoms with Crippen LogP contribution in [0.4, 0.5) is 5.00 Å². The molecule has 1 amide bonds. The molecule has 0 atom stereocenters. The number of anilines is 1. The van der Waals surface area contributed by atoms with Crippen LogP contribution in [0.5, 0.6) is 0 Å². The summed E-state index contributed by atoms with van der Waals surface area (Å²) in [7, 11) is -1.93. The number of esters is 1. The number of nitrogens with zero attached hydrogens (tertiary/aromatic N) is 2. The summed E-state index contributed by atoms with van der Waals surface area (Å²) >= 11 is 7.18. The fraction of sp³-hybridized carbons (Fsp3) is 0.368. The lowest BCUT2D eigenvalue weighted by Crippen LogP contribution is -2.50. The molecule has 1 aliphatic rings. The molecule has 2 heterocycles. The average molecular weight is 472 g/mol. The maximum Gasteiger partial charge on any atom is 0.341 e. The predicted molar refractivity (Wildman–Crippen MR) is 118 cm³/mol. The maximum atomic E-state index is 12.6. The van der Waals surface area contributed by atoms with Crippen LogP contribution in [0.3, 0.4) is 0 Å². The number of ether oxygens (including phenoxy) is 1. The van der Waals surface area contributed by atoms with Crippen molar-refractivity contribution in [3.63, 3.8) is 0 Å². The van der Waals surface area contributed by atoms with Crippen LogP contribution >= 0.6 is 22.9 Å². The Morgan fingerprint density at radius 3 is 2.37 bits per heavy atom. The topological polar surface area (TPSA) is 96.0 Å². The second-order valence-corrected chi connectivity index (χ2v) is 10.1. The molecule has 1 aromatic carbocycles. The normalized spacial score (nSPS) is 15.7. The first kappa shape index (κ1) is 22.7. The first-order chi connectivity index (χ1) is 14.2. The first-order valence-corrected chi connectivity index (χ1v) is 12.2. The van der Waals surface area contributed by atoms with Gasteiger partial charge in [0.05, 0.1) is 19.9 Å². The van der Waals surface area contributed by atoms with Gasteiger partial charge in [0, 0.05) is 42.1 Å². The SMILES string of the molecule is COC(=O)c1c(-c2ccc(Cl)cc2)csc1NC(=O)CN1CCN(S(C)(=O)=O)CC1. The molecule has 0 spiro atoms. The van der Waals surface area contributed by atoms with E-state index in [1.807, 2.05) is 4.90 Å². The van der Waals surface area contributed by atoms with Crippen LogP contribution in [0.25, 0.3) is 11.1 Å². The molecule has 30 heavy (non-hydrogen) atoms. The van der Waals surface area contributed by atoms with Crippen molar-refractivity contribution in [3.8, 4) is 11.1 Å². The van der Waals surface area contributed by atoms with Crippen molar-refractivity contribution < 1.29 is 22.7 Å². The quantitative estimate of drug-likeness (QED) is 0.650. The molecule has 0 aliphatic carbocycles. The molecule has 1 aliphatic heterocycles. The van der Waals surface area contributed by atoms with Crippen molar-refractivity contribution in [2.75, 3.05) is 51.4 Å². The number of halogens is 1. The Labute approximate surface area is 184 Å². The summed E-state index contributed by atoms with van der Waals surface area (Å²) in [6.07, 6.45) is 1.18. The number of sulfonamides is 1. The number of nitrogens with one attached hydrogen (secondary N) is 1. The number of piperazine rings is 1. The Morgan fingerprint density at radius 1 is 1.17 bits per heavy atom. The predicted octanol–water partition coefficient (Wildman–Crippen LogP) is 2.37. The van der Waals surface area contributed by atoms with Gasteiger partial charge in [-0.15, -0.1) is 11.3 Å². The largest absolute Gasteiger partial charge is 0.465 e. The van der Waals surface area contributed by atoms with Crippen LogP contribution in [0.2, 0.25) is 5.02 Å². The first-order valence-electron chi connectivity index (χ1n) is 9.12. The molecule has 0 radical (unpaired) electrons. The Hall–Kier alpha value is -1.98. The number of hydrogen-bond acceptors (Lipinski definition) is 7. The highest BCUT2D eigenvalue weighted by molar-refractivity contribution is 7.88. The lowest BCUT2D eigenvalue weighted by Gasteiger charge is -2.32. The van der Waals surface area contributed by atoms with Crippen molar-refractivity contribution in [1.29, 1.82) is 0 Å². The molecule has 2 aromatic rings. The van der Waals surface area contributed by atoms with E-state index in [1.165, 1.54) is 29.0 Å². The third kappa shape index (κ3) is 5.38. The van der Waals surface area contributed by atoms with Gasteiger partial charge in [0.15, 0.2) is 0 Å². The maximum absolute atomic E-state index is 12.6. The van der Waals surface area contributed by atoms with Crippen LogP contribution in [-0.2, 0) is 19.6 Å². The molecule has 0 saturated carbocycles. The summed E-state index contributed by atoms with van der Waals surface area (Å²) in [5, 5.41) is 5.57. The average Bonchev–Trinajstić information content (AvgIpc) is 3.11. The van der Waals surface area contributed by atoms with Crippen LogP contribution < -0.4 is 5.32 Å². The van der Waals surface area contributed by atoms with Gasteiger partial charge in [-0.3, -0.25) is 9.69 Å². The van der Waals surface area contributed by atoms with Gasteiger partial charge in [-0.25, -0.2) is 13.2 Å². The van der Waals surface area contributed by atoms with E-state index in [2.05, 4.69) is 5.32 Å². The number of carbonyl (C=O) groups is 2. The van der Waals surface area contributed by atoms with E-state index in [0.29, 0.717) is 47.3 Å². The molecule has 1 aromatic heterocycles. The number of methoxy groups -OCH3 is 1. The zero-order chi connectivity index (χ0) is 21.9. The van der Waals surface area contributed by atoms with Gasteiger partial charge in [-0.1, -0.05) is 23.7 Å². The lowest BCUT2D eigenvalue weighted by atomic mass is 10.0. The monoisotopic (exact) mass is 471 g/mol. The molecule has 11 heteroatoms. The zero-order valence-electron chi connectivity index (χ0n) is 16.6. The highest BCUT2D eigenvalue weighted by Crippen LogP contribution is 2.36. The molecule has 1 saturated heterocycles. The van der Waals surface area contributed by atoms with Gasteiger partial charge in [-0.05, 0) is 17.7 Å². The van der Waals surface area contributed by atoms with Gasteiger partial charge in [0.2, 0.25) is 15.9 Å². The standard InChI is InChI=1S/C19H22ClN3O5S2/c1-28-19(25)17-15(13-3-5-14(20)6-4-13)12-29-18(17)21-16(24)11-22-7-9-23(10-8-22)30(2,26)27/h3-6,12H,7-11H2,1-2H3,(H,21,24). The van der Waals surface area contributed by atoms with E-state index in [4.69, 9.17) is 16.3 Å². The Kier molecular flexibility index (Phi) is 7.14. The zero-order valence-corrected chi connectivity index (χ0v) is 18.9. The number of carbonyl (C=O) groups excluding carboxylic acids is 2. The molecule has 162 valence electrons. The van der Waals surface area contributed by atoms with E-state index in [0.717, 1.165) is 5.56 Å². The van der Waals surface area contributed by atoms with Gasteiger partial charge >= 0.3 is 5.97 Å². The Bertz CT molecular complexity index is 1030. The third-order valence-electron chi connectivity index (χ3n) is 4.76. The summed E-state index contributed by atoms with van der Waals surface area (Å²) in [6.45, 7) is 1.72. The number of amides is 1. The van der Waals surface area contributed by atoms with Crippen LogP contribution in [0, 0.1) is 0 Å². The van der Waals surface area contributed by atoms with E-state index >= 15 is 0 Å². The van der Waals surface area contributed by atoms with Gasteiger partial charge < -0.3 is 10.1 Å². The molecular weight excluding hydrogens is 450 g/mol. The van der Waals surface area contributed by atoms with E-state index in [1.54, 1.807) is 29.6 Å². The summed E-state index contributed by atoms with van der Waals surface area (Å²) in [4.78, 5) is 26.8. The summed E-state index contributed by atoms with van der Waals surface area (Å²) < 4.78 is 29.5. The minimum atomic E-state index is -3.22. The van der Waals surface area contributed by atoms with Crippen molar-refractivity contribution in [2.45, 2.75) is 0 Å². The van der Waals surface area contributed by atoms with Gasteiger partial charge in [-0.2, -0.15) is 4.31 Å². The van der Waals surface area contributed by atoms with Crippen molar-refractivity contribution >= 4 is 49.8 Å². The second kappa shape index (κ2) is 9.44. The lowest BCUT2D eigenvalue weighted by molar-refractivity contribution is -0.117. The number of hydrogen-bond donors (Lipinski definition) is 1. The number of rotatable bonds is 6. The van der Waals surface area contributed by atoms with E-state index < -0.39 is 16.0 Å². The molecule has 8 nitrogen and oxygen atoms in total. The number of thiophene rings is 1. The van der Waals surface area contributed by atoms with Crippen molar-refractivity contribution in [2.24, 2.45) is 0 Å². The summed E-state index contributed by atoms with van der Waals surface area (Å²) in [6, 6.07) is 7.04. The molecule has 0 bridgehead atoms. The third-order valence-corrected chi connectivity index (χ3v) is 7.21. The van der Waals surface area contributed by atoms with Gasteiger partial charge in [0.25, 0.3) is 0 Å². The Balaban J connectivity index is 1.71. The molecule has 3 rings (SSSR count). The Morgan fingerprint density at radius 2 is 1.80 bits per heavy atom. The fourth-order valence-corrected chi connectivity index (χ4v) is 5.11. The highest BCUT2D eigenvalue weighted by atomic mass is 35.5. The molecule has 0 unspecified atom stereocenters. The van der Waals surface area contributed by atoms with Crippen LogP contribution in [-0.4, -0.2) is 75.6 Å². The summed E-state index contributed by atoms with van der Waals surface area (Å²) in [5.41, 5.74) is 1.73. The fourth-order valence-electron chi connectivity index (χ4n) is 3.19. The minimum Gasteiger partial charge on any atom is -0.465 e. The molecule has 1 N–H and O–H groups in total. The van der Waals surface area contributed by atoms with Crippen molar-refractivity contribution in [3.05, 3.63) is 40.2 Å². The smallest absolute Gasteiger partial charge is 0.341 e. The molecule has 1 fully saturated rings. The second-order valence-electron chi connectivity index (χ2n) is 6.84. The molecular formula is C19H22ClN3O5S2. The highest BCUT2D eigenvalue weighted by Gasteiger charge is 2.26. The van der Waals surface area contributed by atoms with E-state index in [9.17, 15) is 18.0 Å². The van der Waals surface area contributed by atoms with Crippen LogP contribution in [0.1, 0.15) is 10.4 Å².